The fraction of sp³-hybridized carbons (Fsp3) is 0.333. The molecule has 31 heavy (non-hydrogen) atoms. The van der Waals surface area contributed by atoms with Crippen molar-refractivity contribution in [1.82, 2.24) is 19.5 Å². The molecule has 2 bridgehead atoms. The first-order valence-electron chi connectivity index (χ1n) is 10.5. The summed E-state index contributed by atoms with van der Waals surface area (Å²) >= 11 is 0. The van der Waals surface area contributed by atoms with E-state index in [0.29, 0.717) is 23.2 Å². The molecule has 154 valence electrons. The first kappa shape index (κ1) is 18.3. The number of benzene rings is 1. The molecule has 7 heteroatoms. The van der Waals surface area contributed by atoms with Gasteiger partial charge in [-0.3, -0.25) is 4.79 Å². The smallest absolute Gasteiger partial charge is 0.284 e. The fourth-order valence-electron chi connectivity index (χ4n) is 4.98. The van der Waals surface area contributed by atoms with Crippen LogP contribution in [0.15, 0.2) is 30.6 Å². The molecule has 0 atom stereocenters. The standard InChI is InChI=1S/C24H20FN5O/c1-30-20-15-9-14(10-15)16-12-18(25)13(11-17(16)19(20)29-22(30)21(26)31)3-4-24(5-6-24)23-27-7-2-8-28-23/h2,7-8,11-12,14-15H,5-6,9-10H2,1H3,(H2,26,31). The molecule has 2 N–H and O–H groups in total. The summed E-state index contributed by atoms with van der Waals surface area (Å²) in [6.45, 7) is 0. The van der Waals surface area contributed by atoms with Gasteiger partial charge in [0.1, 0.15) is 11.6 Å². The molecule has 7 rings (SSSR count). The van der Waals surface area contributed by atoms with E-state index >= 15 is 4.39 Å². The van der Waals surface area contributed by atoms with Gasteiger partial charge in [0.15, 0.2) is 5.82 Å². The summed E-state index contributed by atoms with van der Waals surface area (Å²) < 4.78 is 16.9. The summed E-state index contributed by atoms with van der Waals surface area (Å²) in [6.07, 6.45) is 7.00. The Morgan fingerprint density at radius 1 is 1.23 bits per heavy atom. The number of amides is 1. The van der Waals surface area contributed by atoms with Crippen molar-refractivity contribution in [3.05, 3.63) is 64.9 Å². The molecule has 2 heterocycles. The number of rotatable bonds is 2. The van der Waals surface area contributed by atoms with Crippen LogP contribution in [0.25, 0.3) is 11.3 Å². The van der Waals surface area contributed by atoms with Crippen LogP contribution in [0.4, 0.5) is 4.39 Å². The average molecular weight is 413 g/mol. The van der Waals surface area contributed by atoms with E-state index < -0.39 is 11.3 Å². The van der Waals surface area contributed by atoms with Crippen molar-refractivity contribution in [2.45, 2.75) is 42.9 Å². The molecule has 0 radical (unpaired) electrons. The molecule has 2 aromatic heterocycles. The van der Waals surface area contributed by atoms with Crippen molar-refractivity contribution in [1.29, 1.82) is 0 Å². The summed E-state index contributed by atoms with van der Waals surface area (Å²) in [5.41, 5.74) is 9.01. The summed E-state index contributed by atoms with van der Waals surface area (Å²) in [6, 6.07) is 5.17. The fourth-order valence-corrected chi connectivity index (χ4v) is 4.98. The van der Waals surface area contributed by atoms with Crippen molar-refractivity contribution in [3.8, 4) is 23.1 Å². The number of carbonyl (C=O) groups excluding carboxylic acids is 1. The van der Waals surface area contributed by atoms with E-state index in [4.69, 9.17) is 5.73 Å². The number of nitrogens with two attached hydrogens (primary N) is 1. The summed E-state index contributed by atoms with van der Waals surface area (Å²) in [5.74, 6) is 6.93. The summed E-state index contributed by atoms with van der Waals surface area (Å²) in [5, 5.41) is 0. The zero-order chi connectivity index (χ0) is 21.3. The first-order chi connectivity index (χ1) is 15.0. The topological polar surface area (TPSA) is 86.7 Å². The lowest BCUT2D eigenvalue weighted by Gasteiger charge is -2.34. The number of halogens is 1. The number of hydrogen-bond donors (Lipinski definition) is 1. The Kier molecular flexibility index (Phi) is 3.67. The van der Waals surface area contributed by atoms with Crippen LogP contribution in [0.1, 0.15) is 70.8 Å². The Morgan fingerprint density at radius 3 is 2.65 bits per heavy atom. The van der Waals surface area contributed by atoms with Gasteiger partial charge in [0.25, 0.3) is 5.91 Å². The maximum Gasteiger partial charge on any atom is 0.284 e. The van der Waals surface area contributed by atoms with Crippen LogP contribution in [0, 0.1) is 17.7 Å². The third kappa shape index (κ3) is 2.64. The van der Waals surface area contributed by atoms with Gasteiger partial charge < -0.3 is 10.3 Å². The number of aromatic nitrogens is 4. The normalized spacial score (nSPS) is 21.6. The maximum absolute atomic E-state index is 15.1. The monoisotopic (exact) mass is 413 g/mol. The van der Waals surface area contributed by atoms with Crippen molar-refractivity contribution < 1.29 is 9.18 Å². The molecule has 0 unspecified atom stereocenters. The van der Waals surface area contributed by atoms with Crippen molar-refractivity contribution in [2.24, 2.45) is 12.8 Å². The van der Waals surface area contributed by atoms with E-state index in [1.807, 2.05) is 7.05 Å². The average Bonchev–Trinajstić information content (AvgIpc) is 3.48. The van der Waals surface area contributed by atoms with Gasteiger partial charge in [-0.1, -0.05) is 11.8 Å². The molecule has 0 saturated heterocycles. The summed E-state index contributed by atoms with van der Waals surface area (Å²) in [7, 11) is 1.82. The largest absolute Gasteiger partial charge is 0.363 e. The highest BCUT2D eigenvalue weighted by atomic mass is 19.1. The Morgan fingerprint density at radius 2 is 1.97 bits per heavy atom. The molecular formula is C24H20FN5O. The van der Waals surface area contributed by atoms with Crippen molar-refractivity contribution >= 4 is 5.91 Å². The molecule has 2 fully saturated rings. The molecule has 0 aliphatic heterocycles. The lowest BCUT2D eigenvalue weighted by Crippen LogP contribution is -2.23. The zero-order valence-electron chi connectivity index (χ0n) is 17.0. The third-order valence-electron chi connectivity index (χ3n) is 6.90. The lowest BCUT2D eigenvalue weighted by molar-refractivity contribution is 0.0987. The van der Waals surface area contributed by atoms with Gasteiger partial charge in [-0.15, -0.1) is 0 Å². The molecule has 2 saturated carbocycles. The van der Waals surface area contributed by atoms with Gasteiger partial charge in [0, 0.05) is 36.6 Å². The van der Waals surface area contributed by atoms with Gasteiger partial charge in [0.05, 0.1) is 16.7 Å². The van der Waals surface area contributed by atoms with E-state index in [1.165, 1.54) is 0 Å². The second kappa shape index (κ2) is 6.24. The minimum absolute atomic E-state index is 0.233. The molecule has 0 spiro atoms. The van der Waals surface area contributed by atoms with Crippen LogP contribution in [-0.4, -0.2) is 25.4 Å². The highest BCUT2D eigenvalue weighted by Crippen LogP contribution is 2.55. The van der Waals surface area contributed by atoms with E-state index in [9.17, 15) is 4.79 Å². The molecule has 1 amide bonds. The number of hydrogen-bond acceptors (Lipinski definition) is 4. The lowest BCUT2D eigenvalue weighted by atomic mass is 9.71. The Hall–Kier alpha value is -3.53. The van der Waals surface area contributed by atoms with Crippen LogP contribution in [-0.2, 0) is 12.5 Å². The number of nitrogens with zero attached hydrogens (tertiary/aromatic N) is 4. The molecule has 4 aliphatic carbocycles. The molecule has 4 aliphatic rings. The number of primary amides is 1. The Balaban J connectivity index is 1.48. The van der Waals surface area contributed by atoms with E-state index in [2.05, 4.69) is 26.8 Å². The zero-order valence-corrected chi connectivity index (χ0v) is 17.0. The first-order valence-corrected chi connectivity index (χ1v) is 10.5. The predicted octanol–water partition coefficient (Wildman–Crippen LogP) is 3.17. The number of imidazole rings is 1. The SMILES string of the molecule is Cn1c(C(N)=O)nc2c1C1CC(C1)c1cc(F)c(C#CC3(c4ncccn4)CC3)cc1-2. The highest BCUT2D eigenvalue weighted by molar-refractivity contribution is 5.91. The van der Waals surface area contributed by atoms with Crippen LogP contribution >= 0.6 is 0 Å². The maximum atomic E-state index is 15.1. The van der Waals surface area contributed by atoms with Gasteiger partial charge in [-0.05, 0) is 55.4 Å². The highest BCUT2D eigenvalue weighted by Gasteiger charge is 2.46. The van der Waals surface area contributed by atoms with Gasteiger partial charge >= 0.3 is 0 Å². The van der Waals surface area contributed by atoms with E-state index in [1.54, 1.807) is 35.2 Å². The van der Waals surface area contributed by atoms with Crippen LogP contribution in [0.5, 0.6) is 0 Å². The molecule has 6 nitrogen and oxygen atoms in total. The van der Waals surface area contributed by atoms with Crippen molar-refractivity contribution in [3.63, 3.8) is 0 Å². The van der Waals surface area contributed by atoms with Gasteiger partial charge in [0.2, 0.25) is 0 Å². The summed E-state index contributed by atoms with van der Waals surface area (Å²) in [4.78, 5) is 25.1. The molecule has 1 aromatic carbocycles. The van der Waals surface area contributed by atoms with E-state index in [-0.39, 0.29) is 11.6 Å². The van der Waals surface area contributed by atoms with Gasteiger partial charge in [-0.25, -0.2) is 19.3 Å². The van der Waals surface area contributed by atoms with Crippen LogP contribution in [0.3, 0.4) is 0 Å². The minimum Gasteiger partial charge on any atom is -0.363 e. The van der Waals surface area contributed by atoms with Gasteiger partial charge in [-0.2, -0.15) is 0 Å². The quantitative estimate of drug-likeness (QED) is 0.654. The van der Waals surface area contributed by atoms with Crippen LogP contribution in [0.2, 0.25) is 0 Å². The second-order valence-electron chi connectivity index (χ2n) is 8.78. The number of carbonyl (C=O) groups is 1. The third-order valence-corrected chi connectivity index (χ3v) is 6.90. The molecular weight excluding hydrogens is 393 g/mol. The Bertz CT molecular complexity index is 1310. The van der Waals surface area contributed by atoms with Crippen LogP contribution < -0.4 is 5.73 Å². The second-order valence-corrected chi connectivity index (χ2v) is 8.78. The predicted molar refractivity (Wildman–Crippen MR) is 112 cm³/mol. The Labute approximate surface area is 178 Å². The minimum atomic E-state index is -0.561. The molecule has 3 aromatic rings. The van der Waals surface area contributed by atoms with Crippen molar-refractivity contribution in [2.75, 3.05) is 0 Å². The van der Waals surface area contributed by atoms with E-state index in [0.717, 1.165) is 48.2 Å².